The molecule has 3 aliphatic carbocycles. The molecule has 170 valence electrons. The lowest BCUT2D eigenvalue weighted by atomic mass is 9.98. The summed E-state index contributed by atoms with van der Waals surface area (Å²) < 4.78 is 3.22. The van der Waals surface area contributed by atoms with Crippen molar-refractivity contribution >= 4 is 8.24 Å². The molecule has 0 aromatic carbocycles. The molecule has 4 heteroatoms. The van der Waals surface area contributed by atoms with Gasteiger partial charge in [0.2, 0.25) is 0 Å². The zero-order valence-electron chi connectivity index (χ0n) is 19.8. The van der Waals surface area contributed by atoms with E-state index in [2.05, 4.69) is 22.5 Å². The molecule has 0 spiro atoms. The SMILES string of the molecule is CC(C#N)CN1CCN([Si](C2CCCCC2)(C2CCCCC2)C2CCCCC2)CC1. The van der Waals surface area contributed by atoms with Gasteiger partial charge in [-0.25, -0.2) is 0 Å². The molecule has 1 aliphatic heterocycles. The van der Waals surface area contributed by atoms with Gasteiger partial charge in [-0.05, 0) is 23.5 Å². The van der Waals surface area contributed by atoms with Gasteiger partial charge in [0.15, 0.2) is 0 Å². The quantitative estimate of drug-likeness (QED) is 0.439. The average molecular weight is 430 g/mol. The van der Waals surface area contributed by atoms with E-state index in [9.17, 15) is 5.26 Å². The highest BCUT2D eigenvalue weighted by Crippen LogP contribution is 2.58. The summed E-state index contributed by atoms with van der Waals surface area (Å²) >= 11 is 0. The smallest absolute Gasteiger partial charge is 0.137 e. The topological polar surface area (TPSA) is 30.3 Å². The van der Waals surface area contributed by atoms with Crippen molar-refractivity contribution in [3.8, 4) is 6.07 Å². The highest BCUT2D eigenvalue weighted by molar-refractivity contribution is 6.81. The lowest BCUT2D eigenvalue weighted by Gasteiger charge is -2.60. The van der Waals surface area contributed by atoms with E-state index < -0.39 is 8.24 Å². The van der Waals surface area contributed by atoms with E-state index in [0.29, 0.717) is 0 Å². The van der Waals surface area contributed by atoms with E-state index in [4.69, 9.17) is 0 Å². The Hall–Kier alpha value is -0.373. The molecule has 4 rings (SSSR count). The van der Waals surface area contributed by atoms with Crippen LogP contribution >= 0.6 is 0 Å². The van der Waals surface area contributed by atoms with Crippen molar-refractivity contribution in [3.05, 3.63) is 0 Å². The van der Waals surface area contributed by atoms with Gasteiger partial charge >= 0.3 is 0 Å². The van der Waals surface area contributed by atoms with Crippen LogP contribution in [0.25, 0.3) is 0 Å². The van der Waals surface area contributed by atoms with Crippen molar-refractivity contribution in [2.45, 2.75) is 120 Å². The van der Waals surface area contributed by atoms with E-state index >= 15 is 0 Å². The highest BCUT2D eigenvalue weighted by atomic mass is 28.3. The van der Waals surface area contributed by atoms with Gasteiger partial charge in [-0.1, -0.05) is 96.3 Å². The molecular weight excluding hydrogens is 382 g/mol. The molecule has 0 aromatic rings. The molecule has 30 heavy (non-hydrogen) atoms. The predicted octanol–water partition coefficient (Wildman–Crippen LogP) is 6.71. The van der Waals surface area contributed by atoms with Crippen LogP contribution in [0.1, 0.15) is 103 Å². The first kappa shape index (κ1) is 22.8. The third-order valence-corrected chi connectivity index (χ3v) is 16.6. The standard InChI is InChI=1S/C26H47N3Si/c1-23(21-27)22-28-17-19-29(20-18-28)30(24-11-5-2-6-12-24,25-13-7-3-8-14-25)26-15-9-4-10-16-26/h23-26H,2-20,22H2,1H3. The lowest BCUT2D eigenvalue weighted by Crippen LogP contribution is -2.67. The maximum absolute atomic E-state index is 9.28. The fraction of sp³-hybridized carbons (Fsp3) is 0.962. The van der Waals surface area contributed by atoms with E-state index in [1.165, 1.54) is 84.0 Å². The summed E-state index contributed by atoms with van der Waals surface area (Å²) in [5.74, 6) is 0.175. The number of piperazine rings is 1. The molecule has 0 N–H and O–H groups in total. The minimum Gasteiger partial charge on any atom is -0.320 e. The molecule has 4 fully saturated rings. The van der Waals surface area contributed by atoms with Gasteiger partial charge in [0.1, 0.15) is 8.24 Å². The van der Waals surface area contributed by atoms with Crippen LogP contribution < -0.4 is 0 Å². The second-order valence-corrected chi connectivity index (χ2v) is 16.1. The van der Waals surface area contributed by atoms with Gasteiger partial charge in [-0.3, -0.25) is 4.90 Å². The summed E-state index contributed by atoms with van der Waals surface area (Å²) in [6.45, 7) is 8.13. The monoisotopic (exact) mass is 429 g/mol. The minimum atomic E-state index is -1.53. The van der Waals surface area contributed by atoms with E-state index in [1.54, 1.807) is 38.5 Å². The zero-order chi connectivity index (χ0) is 20.8. The molecule has 1 saturated heterocycles. The van der Waals surface area contributed by atoms with Crippen LogP contribution in [0, 0.1) is 17.2 Å². The van der Waals surface area contributed by atoms with Gasteiger partial charge in [0.25, 0.3) is 0 Å². The summed E-state index contributed by atoms with van der Waals surface area (Å²) in [6.07, 6.45) is 22.9. The van der Waals surface area contributed by atoms with Crippen LogP contribution in [-0.4, -0.2) is 50.4 Å². The van der Waals surface area contributed by atoms with Crippen LogP contribution in [0.2, 0.25) is 16.6 Å². The van der Waals surface area contributed by atoms with Crippen molar-refractivity contribution in [1.82, 2.24) is 9.47 Å². The third-order valence-electron chi connectivity index (χ3n) is 9.45. The third kappa shape index (κ3) is 4.84. The summed E-state index contributed by atoms with van der Waals surface area (Å²) in [6, 6.07) is 2.46. The Bertz CT molecular complexity index is 502. The van der Waals surface area contributed by atoms with Gasteiger partial charge in [0.05, 0.1) is 12.0 Å². The fourth-order valence-electron chi connectivity index (χ4n) is 8.22. The number of rotatable bonds is 6. The lowest BCUT2D eigenvalue weighted by molar-refractivity contribution is 0.162. The molecule has 3 nitrogen and oxygen atoms in total. The number of nitriles is 1. The zero-order valence-corrected chi connectivity index (χ0v) is 20.8. The van der Waals surface area contributed by atoms with E-state index in [0.717, 1.165) is 23.2 Å². The maximum atomic E-state index is 9.28. The van der Waals surface area contributed by atoms with Gasteiger partial charge in [-0.15, -0.1) is 0 Å². The van der Waals surface area contributed by atoms with E-state index in [-0.39, 0.29) is 5.92 Å². The Balaban J connectivity index is 1.60. The number of hydrogen-bond acceptors (Lipinski definition) is 3. The Morgan fingerprint density at radius 2 is 1.10 bits per heavy atom. The Morgan fingerprint density at radius 1 is 0.700 bits per heavy atom. The molecule has 1 atom stereocenters. The largest absolute Gasteiger partial charge is 0.320 e. The van der Waals surface area contributed by atoms with E-state index in [1.807, 2.05) is 0 Å². The average Bonchev–Trinajstić information content (AvgIpc) is 2.83. The second kappa shape index (κ2) is 11.0. The minimum absolute atomic E-state index is 0.175. The first-order valence-electron chi connectivity index (χ1n) is 13.6. The van der Waals surface area contributed by atoms with Crippen molar-refractivity contribution < 1.29 is 0 Å². The first-order valence-corrected chi connectivity index (χ1v) is 15.8. The maximum Gasteiger partial charge on any atom is 0.137 e. The Labute approximate surface area is 187 Å². The van der Waals surface area contributed by atoms with Gasteiger partial charge < -0.3 is 4.57 Å². The summed E-state index contributed by atoms with van der Waals surface area (Å²) in [5.41, 5.74) is 3.26. The molecule has 0 aromatic heterocycles. The first-order chi connectivity index (χ1) is 14.7. The van der Waals surface area contributed by atoms with Crippen molar-refractivity contribution in [2.75, 3.05) is 32.7 Å². The molecule has 1 heterocycles. The van der Waals surface area contributed by atoms with Crippen LogP contribution in [0.5, 0.6) is 0 Å². The molecule has 0 radical (unpaired) electrons. The molecule has 0 amide bonds. The van der Waals surface area contributed by atoms with Crippen LogP contribution in [-0.2, 0) is 0 Å². The van der Waals surface area contributed by atoms with Gasteiger partial charge in [-0.2, -0.15) is 5.26 Å². The highest BCUT2D eigenvalue weighted by Gasteiger charge is 2.56. The summed E-state index contributed by atoms with van der Waals surface area (Å²) in [5, 5.41) is 9.28. The number of hydrogen-bond donors (Lipinski definition) is 0. The predicted molar refractivity (Wildman–Crippen MR) is 129 cm³/mol. The van der Waals surface area contributed by atoms with Crippen molar-refractivity contribution in [3.63, 3.8) is 0 Å². The molecule has 0 bridgehead atoms. The van der Waals surface area contributed by atoms with Gasteiger partial charge in [0, 0.05) is 32.7 Å². The number of nitrogens with zero attached hydrogens (tertiary/aromatic N) is 3. The molecule has 1 unspecified atom stereocenters. The Morgan fingerprint density at radius 3 is 1.47 bits per heavy atom. The van der Waals surface area contributed by atoms with Crippen LogP contribution in [0.3, 0.4) is 0 Å². The van der Waals surface area contributed by atoms with Crippen molar-refractivity contribution in [1.29, 1.82) is 5.26 Å². The normalized spacial score (nSPS) is 28.3. The summed E-state index contributed by atoms with van der Waals surface area (Å²) in [4.78, 5) is 2.60. The van der Waals surface area contributed by atoms with Crippen molar-refractivity contribution in [2.24, 2.45) is 5.92 Å². The molecule has 3 saturated carbocycles. The van der Waals surface area contributed by atoms with Crippen LogP contribution in [0.15, 0.2) is 0 Å². The molecule has 4 aliphatic rings. The van der Waals surface area contributed by atoms with Crippen LogP contribution in [0.4, 0.5) is 0 Å². The summed E-state index contributed by atoms with van der Waals surface area (Å²) in [7, 11) is -1.53. The fourth-order valence-corrected chi connectivity index (χ4v) is 16.7. The second-order valence-electron chi connectivity index (χ2n) is 11.2. The molecular formula is C26H47N3Si. The Kier molecular flexibility index (Phi) is 8.34.